The first-order chi connectivity index (χ1) is 5.59. The van der Waals surface area contributed by atoms with E-state index in [1.54, 1.807) is 0 Å². The first-order valence-electron chi connectivity index (χ1n) is 4.30. The number of halogens is 2. The van der Waals surface area contributed by atoms with Gasteiger partial charge >= 0.3 is 0 Å². The molecule has 1 aliphatic rings. The zero-order chi connectivity index (χ0) is 9.14. The summed E-state index contributed by atoms with van der Waals surface area (Å²) in [5.74, 6) is 0.624. The Morgan fingerprint density at radius 1 is 1.67 bits per heavy atom. The Morgan fingerprint density at radius 2 is 2.33 bits per heavy atom. The summed E-state index contributed by atoms with van der Waals surface area (Å²) in [5, 5.41) is 0. The molecule has 1 unspecified atom stereocenters. The average molecular weight is 175 g/mol. The van der Waals surface area contributed by atoms with Gasteiger partial charge in [0.05, 0.1) is 0 Å². The van der Waals surface area contributed by atoms with E-state index < -0.39 is 6.43 Å². The van der Waals surface area contributed by atoms with Crippen LogP contribution in [0.3, 0.4) is 0 Å². The number of nitrogens with zero attached hydrogens (tertiary/aromatic N) is 1. The second kappa shape index (κ2) is 3.87. The molecule has 1 heterocycles. The highest BCUT2D eigenvalue weighted by Crippen LogP contribution is 2.22. The topological polar surface area (TPSA) is 3.24 Å². The summed E-state index contributed by atoms with van der Waals surface area (Å²) in [4.78, 5) is 1.97. The van der Waals surface area contributed by atoms with Crippen molar-refractivity contribution in [2.45, 2.75) is 26.2 Å². The van der Waals surface area contributed by atoms with Crippen molar-refractivity contribution >= 4 is 0 Å². The third-order valence-corrected chi connectivity index (χ3v) is 2.26. The van der Waals surface area contributed by atoms with E-state index in [2.05, 4.69) is 13.5 Å². The fraction of sp³-hybridized carbons (Fsp3) is 0.778. The molecular weight excluding hydrogens is 160 g/mol. The van der Waals surface area contributed by atoms with Crippen LogP contribution in [0.5, 0.6) is 0 Å². The van der Waals surface area contributed by atoms with Gasteiger partial charge in [-0.1, -0.05) is 13.5 Å². The minimum atomic E-state index is -2.26. The number of hydrogen-bond donors (Lipinski definition) is 0. The molecule has 0 aromatic rings. The van der Waals surface area contributed by atoms with Crippen LogP contribution in [0, 0.1) is 5.92 Å². The summed E-state index contributed by atoms with van der Waals surface area (Å²) in [6, 6.07) is 0. The Labute approximate surface area is 72.1 Å². The summed E-state index contributed by atoms with van der Waals surface area (Å²) in [5.41, 5.74) is 0.592. The molecule has 0 amide bonds. The second-order valence-corrected chi connectivity index (χ2v) is 3.50. The van der Waals surface area contributed by atoms with Crippen LogP contribution in [0.1, 0.15) is 19.8 Å². The molecule has 70 valence electrons. The molecule has 0 radical (unpaired) electrons. The summed E-state index contributed by atoms with van der Waals surface area (Å²) in [7, 11) is 0. The van der Waals surface area contributed by atoms with E-state index in [9.17, 15) is 8.78 Å². The minimum Gasteiger partial charge on any atom is -0.375 e. The van der Waals surface area contributed by atoms with E-state index in [-0.39, 0.29) is 6.42 Å². The number of hydrogen-bond acceptors (Lipinski definition) is 1. The van der Waals surface area contributed by atoms with E-state index in [0.29, 0.717) is 11.6 Å². The highest BCUT2D eigenvalue weighted by molar-refractivity contribution is 4.97. The highest BCUT2D eigenvalue weighted by Gasteiger charge is 2.20. The lowest BCUT2D eigenvalue weighted by Crippen LogP contribution is -2.20. The smallest absolute Gasteiger partial charge is 0.244 e. The molecule has 0 spiro atoms. The Bertz CT molecular complexity index is 168. The van der Waals surface area contributed by atoms with Crippen LogP contribution in [-0.4, -0.2) is 24.4 Å². The molecule has 12 heavy (non-hydrogen) atoms. The van der Waals surface area contributed by atoms with Crippen molar-refractivity contribution in [2.24, 2.45) is 5.92 Å². The number of likely N-dealkylation sites (tertiary alicyclic amines) is 1. The second-order valence-electron chi connectivity index (χ2n) is 3.50. The van der Waals surface area contributed by atoms with E-state index in [1.807, 2.05) is 4.90 Å². The minimum absolute atomic E-state index is 0.174. The average Bonchev–Trinajstić information content (AvgIpc) is 2.34. The van der Waals surface area contributed by atoms with Gasteiger partial charge in [0.25, 0.3) is 0 Å². The lowest BCUT2D eigenvalue weighted by atomic mass is 10.2. The lowest BCUT2D eigenvalue weighted by Gasteiger charge is -2.20. The summed E-state index contributed by atoms with van der Waals surface area (Å²) in [6.45, 7) is 7.58. The van der Waals surface area contributed by atoms with E-state index in [4.69, 9.17) is 0 Å². The van der Waals surface area contributed by atoms with Gasteiger partial charge in [-0.3, -0.25) is 0 Å². The van der Waals surface area contributed by atoms with Crippen molar-refractivity contribution in [2.75, 3.05) is 13.1 Å². The van der Waals surface area contributed by atoms with Crippen molar-refractivity contribution < 1.29 is 8.78 Å². The number of rotatable bonds is 3. The van der Waals surface area contributed by atoms with Gasteiger partial charge in [0.1, 0.15) is 0 Å². The van der Waals surface area contributed by atoms with Crippen molar-refractivity contribution in [3.05, 3.63) is 12.3 Å². The lowest BCUT2D eigenvalue weighted by molar-refractivity contribution is 0.138. The maximum absolute atomic E-state index is 11.9. The molecule has 0 saturated carbocycles. The predicted molar refractivity (Wildman–Crippen MR) is 45.1 cm³/mol. The van der Waals surface area contributed by atoms with Crippen LogP contribution < -0.4 is 0 Å². The third kappa shape index (κ3) is 2.47. The van der Waals surface area contributed by atoms with Crippen LogP contribution in [-0.2, 0) is 0 Å². The molecule has 1 rings (SSSR count). The molecule has 1 nitrogen and oxygen atoms in total. The van der Waals surface area contributed by atoms with Crippen LogP contribution in [0.2, 0.25) is 0 Å². The molecule has 0 N–H and O–H groups in total. The van der Waals surface area contributed by atoms with Crippen LogP contribution in [0.25, 0.3) is 0 Å². The van der Waals surface area contributed by atoms with Crippen molar-refractivity contribution in [1.29, 1.82) is 0 Å². The van der Waals surface area contributed by atoms with Gasteiger partial charge in [0.15, 0.2) is 0 Å². The van der Waals surface area contributed by atoms with Gasteiger partial charge in [0.2, 0.25) is 6.43 Å². The van der Waals surface area contributed by atoms with Gasteiger partial charge < -0.3 is 4.90 Å². The molecule has 0 aliphatic carbocycles. The molecule has 1 fully saturated rings. The van der Waals surface area contributed by atoms with E-state index >= 15 is 0 Å². The van der Waals surface area contributed by atoms with Gasteiger partial charge in [0, 0.05) is 25.2 Å². The molecule has 3 heteroatoms. The number of allylic oxidation sites excluding steroid dienone is 1. The standard InChI is InChI=1S/C9H15F2N/c1-7-3-4-12(6-7)8(2)5-9(10)11/h7,9H,2-6H2,1H3. The van der Waals surface area contributed by atoms with Gasteiger partial charge in [-0.25, -0.2) is 8.78 Å². The summed E-state index contributed by atoms with van der Waals surface area (Å²) in [6.07, 6.45) is -1.33. The molecule has 1 saturated heterocycles. The van der Waals surface area contributed by atoms with E-state index in [0.717, 1.165) is 19.5 Å². The molecule has 0 bridgehead atoms. The zero-order valence-corrected chi connectivity index (χ0v) is 7.39. The fourth-order valence-electron chi connectivity index (χ4n) is 1.53. The van der Waals surface area contributed by atoms with Gasteiger partial charge in [-0.05, 0) is 12.3 Å². The first-order valence-corrected chi connectivity index (χ1v) is 4.30. The maximum atomic E-state index is 11.9. The molecule has 1 atom stereocenters. The van der Waals surface area contributed by atoms with E-state index in [1.165, 1.54) is 0 Å². The Morgan fingerprint density at radius 3 is 2.75 bits per heavy atom. The van der Waals surface area contributed by atoms with Crippen LogP contribution in [0.15, 0.2) is 12.3 Å². The normalized spacial score (nSPS) is 23.7. The van der Waals surface area contributed by atoms with Crippen molar-refractivity contribution in [3.63, 3.8) is 0 Å². The zero-order valence-electron chi connectivity index (χ0n) is 7.39. The van der Waals surface area contributed by atoms with Crippen molar-refractivity contribution in [1.82, 2.24) is 4.90 Å². The Balaban J connectivity index is 2.33. The largest absolute Gasteiger partial charge is 0.375 e. The molecule has 1 aliphatic heterocycles. The number of alkyl halides is 2. The van der Waals surface area contributed by atoms with Crippen LogP contribution >= 0.6 is 0 Å². The molecule has 0 aromatic heterocycles. The molecule has 0 aromatic carbocycles. The quantitative estimate of drug-likeness (QED) is 0.637. The molecular formula is C9H15F2N. The predicted octanol–water partition coefficient (Wildman–Crippen LogP) is 2.50. The SMILES string of the molecule is C=C(CC(F)F)N1CCC(C)C1. The van der Waals surface area contributed by atoms with Crippen molar-refractivity contribution in [3.8, 4) is 0 Å². The van der Waals surface area contributed by atoms with Crippen LogP contribution in [0.4, 0.5) is 8.78 Å². The maximum Gasteiger partial charge on any atom is 0.244 e. The summed E-state index contributed by atoms with van der Waals surface area (Å²) < 4.78 is 23.9. The Kier molecular flexibility index (Phi) is 3.06. The monoisotopic (exact) mass is 175 g/mol. The van der Waals surface area contributed by atoms with Gasteiger partial charge in [-0.15, -0.1) is 0 Å². The third-order valence-electron chi connectivity index (χ3n) is 2.26. The Hall–Kier alpha value is -0.600. The van der Waals surface area contributed by atoms with Gasteiger partial charge in [-0.2, -0.15) is 0 Å². The highest BCUT2D eigenvalue weighted by atomic mass is 19.3. The fourth-order valence-corrected chi connectivity index (χ4v) is 1.53. The first kappa shape index (κ1) is 9.49. The summed E-state index contributed by atoms with van der Waals surface area (Å²) >= 11 is 0.